The summed E-state index contributed by atoms with van der Waals surface area (Å²) in [5, 5.41) is 26.1. The van der Waals surface area contributed by atoms with Crippen LogP contribution in [0.1, 0.15) is 6.92 Å². The summed E-state index contributed by atoms with van der Waals surface area (Å²) in [7, 11) is 0. The largest absolute Gasteiger partial charge is 0.508 e. The lowest BCUT2D eigenvalue weighted by atomic mass is 10.1. The SMILES string of the molecule is CCO.N.Oc1cccc(-c2cccc(O)c2)c1.S.S. The Morgan fingerprint density at radius 2 is 1.10 bits per heavy atom. The average Bonchev–Trinajstić information content (AvgIpc) is 2.30. The average molecular weight is 317 g/mol. The number of hydrogen-bond acceptors (Lipinski definition) is 4. The Hall–Kier alpha value is -1.34. The Morgan fingerprint density at radius 1 is 0.800 bits per heavy atom. The highest BCUT2D eigenvalue weighted by molar-refractivity contribution is 7.59. The zero-order valence-corrected chi connectivity index (χ0v) is 13.4. The van der Waals surface area contributed by atoms with E-state index in [4.69, 9.17) is 5.11 Å². The molecule has 0 aliphatic rings. The molecule has 0 atom stereocenters. The number of hydrogen-bond donors (Lipinski definition) is 4. The highest BCUT2D eigenvalue weighted by Crippen LogP contribution is 2.25. The van der Waals surface area contributed by atoms with Crippen LogP contribution in [0.2, 0.25) is 0 Å². The minimum absolute atomic E-state index is 0. The minimum atomic E-state index is 0. The number of aliphatic hydroxyl groups is 1. The van der Waals surface area contributed by atoms with E-state index in [1.807, 2.05) is 12.1 Å². The van der Waals surface area contributed by atoms with Crippen LogP contribution in [0.15, 0.2) is 48.5 Å². The van der Waals surface area contributed by atoms with E-state index in [1.165, 1.54) is 0 Å². The fourth-order valence-electron chi connectivity index (χ4n) is 1.37. The number of phenolic OH excluding ortho intramolecular Hbond substituents is 2. The van der Waals surface area contributed by atoms with Gasteiger partial charge in [0.1, 0.15) is 11.5 Å². The summed E-state index contributed by atoms with van der Waals surface area (Å²) in [5.41, 5.74) is 1.78. The van der Waals surface area contributed by atoms with Gasteiger partial charge in [-0.05, 0) is 42.3 Å². The van der Waals surface area contributed by atoms with Gasteiger partial charge in [-0.2, -0.15) is 27.0 Å². The number of phenols is 2. The van der Waals surface area contributed by atoms with Gasteiger partial charge in [-0.3, -0.25) is 0 Å². The first-order valence-corrected chi connectivity index (χ1v) is 5.36. The molecule has 20 heavy (non-hydrogen) atoms. The molecule has 0 fully saturated rings. The normalized spacial score (nSPS) is 7.90. The molecule has 0 spiro atoms. The topological polar surface area (TPSA) is 95.7 Å². The van der Waals surface area contributed by atoms with Crippen molar-refractivity contribution >= 4 is 27.0 Å². The second kappa shape index (κ2) is 12.7. The predicted octanol–water partition coefficient (Wildman–Crippen LogP) is 3.15. The molecule has 114 valence electrons. The van der Waals surface area contributed by atoms with E-state index in [-0.39, 0.29) is 51.2 Å². The molecule has 0 aliphatic heterocycles. The van der Waals surface area contributed by atoms with Crippen molar-refractivity contribution in [3.63, 3.8) is 0 Å². The molecule has 4 nitrogen and oxygen atoms in total. The molecule has 0 saturated carbocycles. The summed E-state index contributed by atoms with van der Waals surface area (Å²) < 4.78 is 0. The number of aliphatic hydroxyl groups excluding tert-OH is 1. The van der Waals surface area contributed by atoms with Crippen molar-refractivity contribution in [2.45, 2.75) is 6.92 Å². The summed E-state index contributed by atoms with van der Waals surface area (Å²) in [6.07, 6.45) is 0. The summed E-state index contributed by atoms with van der Waals surface area (Å²) in [5.74, 6) is 0.455. The van der Waals surface area contributed by atoms with Crippen molar-refractivity contribution in [1.82, 2.24) is 6.15 Å². The van der Waals surface area contributed by atoms with E-state index in [0.29, 0.717) is 0 Å². The lowest BCUT2D eigenvalue weighted by molar-refractivity contribution is 0.318. The third-order valence-corrected chi connectivity index (χ3v) is 2.03. The van der Waals surface area contributed by atoms with Crippen molar-refractivity contribution < 1.29 is 15.3 Å². The molecule has 0 radical (unpaired) electrons. The molecule has 2 rings (SSSR count). The highest BCUT2D eigenvalue weighted by Gasteiger charge is 1.98. The van der Waals surface area contributed by atoms with E-state index in [2.05, 4.69) is 0 Å². The highest BCUT2D eigenvalue weighted by atomic mass is 32.1. The van der Waals surface area contributed by atoms with Crippen molar-refractivity contribution in [3.05, 3.63) is 48.5 Å². The Labute approximate surface area is 133 Å². The number of rotatable bonds is 1. The Bertz CT molecular complexity index is 438. The molecule has 2 aromatic carbocycles. The van der Waals surface area contributed by atoms with Gasteiger partial charge in [0.2, 0.25) is 0 Å². The molecular formula is C14H23NO3S2. The van der Waals surface area contributed by atoms with Crippen LogP contribution in [-0.2, 0) is 0 Å². The lowest BCUT2D eigenvalue weighted by Gasteiger charge is -2.02. The Kier molecular flexibility index (Phi) is 15.0. The molecule has 0 amide bonds. The second-order valence-electron chi connectivity index (χ2n) is 3.42. The number of aromatic hydroxyl groups is 2. The van der Waals surface area contributed by atoms with E-state index < -0.39 is 0 Å². The maximum atomic E-state index is 9.28. The monoisotopic (exact) mass is 317 g/mol. The molecule has 0 unspecified atom stereocenters. The molecule has 6 N–H and O–H groups in total. The first kappa shape index (κ1) is 23.7. The van der Waals surface area contributed by atoms with Gasteiger partial charge in [0.05, 0.1) is 0 Å². The van der Waals surface area contributed by atoms with Crippen LogP contribution >= 0.6 is 27.0 Å². The van der Waals surface area contributed by atoms with Crippen molar-refractivity contribution in [2.75, 3.05) is 6.61 Å². The molecule has 0 aromatic heterocycles. The third kappa shape index (κ3) is 7.96. The summed E-state index contributed by atoms with van der Waals surface area (Å²) >= 11 is 0. The van der Waals surface area contributed by atoms with Gasteiger partial charge in [0.15, 0.2) is 0 Å². The number of benzene rings is 2. The van der Waals surface area contributed by atoms with Crippen LogP contribution in [0.5, 0.6) is 11.5 Å². The van der Waals surface area contributed by atoms with Crippen molar-refractivity contribution in [2.24, 2.45) is 0 Å². The van der Waals surface area contributed by atoms with Crippen molar-refractivity contribution in [3.8, 4) is 22.6 Å². The Morgan fingerprint density at radius 3 is 1.35 bits per heavy atom. The second-order valence-corrected chi connectivity index (χ2v) is 3.42. The summed E-state index contributed by atoms with van der Waals surface area (Å²) in [6.45, 7) is 1.93. The molecule has 0 heterocycles. The van der Waals surface area contributed by atoms with Gasteiger partial charge >= 0.3 is 0 Å². The lowest BCUT2D eigenvalue weighted by Crippen LogP contribution is -1.76. The summed E-state index contributed by atoms with van der Waals surface area (Å²) in [4.78, 5) is 0. The van der Waals surface area contributed by atoms with Gasteiger partial charge in [0, 0.05) is 6.61 Å². The Balaban J connectivity index is -0.000000445. The smallest absolute Gasteiger partial charge is 0.116 e. The molecule has 2 aromatic rings. The van der Waals surface area contributed by atoms with Crippen LogP contribution in [0.25, 0.3) is 11.1 Å². The van der Waals surface area contributed by atoms with Gasteiger partial charge in [0.25, 0.3) is 0 Å². The van der Waals surface area contributed by atoms with Crippen LogP contribution in [0.3, 0.4) is 0 Å². The zero-order valence-electron chi connectivity index (χ0n) is 11.4. The minimum Gasteiger partial charge on any atom is -0.508 e. The maximum absolute atomic E-state index is 9.28. The fraction of sp³-hybridized carbons (Fsp3) is 0.143. The molecule has 0 aliphatic carbocycles. The van der Waals surface area contributed by atoms with E-state index in [9.17, 15) is 10.2 Å². The van der Waals surface area contributed by atoms with E-state index >= 15 is 0 Å². The fourth-order valence-corrected chi connectivity index (χ4v) is 1.37. The van der Waals surface area contributed by atoms with Crippen molar-refractivity contribution in [1.29, 1.82) is 0 Å². The molecule has 6 heteroatoms. The van der Waals surface area contributed by atoms with Gasteiger partial charge in [-0.25, -0.2) is 0 Å². The molecular weight excluding hydrogens is 294 g/mol. The van der Waals surface area contributed by atoms with Crippen LogP contribution in [0, 0.1) is 0 Å². The first-order chi connectivity index (χ1) is 8.17. The zero-order chi connectivity index (χ0) is 12.7. The quantitative estimate of drug-likeness (QED) is 0.649. The van der Waals surface area contributed by atoms with Gasteiger partial charge in [-0.15, -0.1) is 0 Å². The van der Waals surface area contributed by atoms with Crippen LogP contribution in [0.4, 0.5) is 0 Å². The third-order valence-electron chi connectivity index (χ3n) is 2.03. The molecule has 0 saturated heterocycles. The summed E-state index contributed by atoms with van der Waals surface area (Å²) in [6, 6.07) is 13.9. The van der Waals surface area contributed by atoms with Gasteiger partial charge in [-0.1, -0.05) is 24.3 Å². The van der Waals surface area contributed by atoms with Gasteiger partial charge < -0.3 is 21.5 Å². The van der Waals surface area contributed by atoms with Crippen LogP contribution < -0.4 is 6.15 Å². The standard InChI is InChI=1S/C12H10O2.C2H6O.H3N.2H2S/c13-11-5-1-3-9(7-11)10-4-2-6-12(14)8-10;1-2-3;;;/h1-8,13-14H;3H,2H2,1H3;1H3;2*1H2. The van der Waals surface area contributed by atoms with E-state index in [1.54, 1.807) is 43.3 Å². The first-order valence-electron chi connectivity index (χ1n) is 5.36. The molecule has 0 bridgehead atoms. The van der Waals surface area contributed by atoms with Crippen LogP contribution in [-0.4, -0.2) is 21.9 Å². The van der Waals surface area contributed by atoms with E-state index in [0.717, 1.165) is 11.1 Å². The predicted molar refractivity (Wildman–Crippen MR) is 93.8 cm³/mol. The maximum Gasteiger partial charge on any atom is 0.116 e.